The van der Waals surface area contributed by atoms with Crippen LogP contribution in [0.3, 0.4) is 0 Å². The molecule has 0 bridgehead atoms. The summed E-state index contributed by atoms with van der Waals surface area (Å²) < 4.78 is 0. The third kappa shape index (κ3) is 5.87. The maximum Gasteiger partial charge on any atom is 0.305 e. The van der Waals surface area contributed by atoms with Gasteiger partial charge in [-0.15, -0.1) is 0 Å². The van der Waals surface area contributed by atoms with Gasteiger partial charge < -0.3 is 10.0 Å². The molecule has 0 aromatic heterocycles. The summed E-state index contributed by atoms with van der Waals surface area (Å²) in [5.41, 5.74) is 1.28. The molecular formula is C16H23NO3. The van der Waals surface area contributed by atoms with Crippen LogP contribution in [0.2, 0.25) is 0 Å². The highest BCUT2D eigenvalue weighted by Crippen LogP contribution is 2.12. The number of aliphatic carboxylic acids is 1. The Kier molecular flexibility index (Phi) is 6.77. The second-order valence-electron chi connectivity index (χ2n) is 5.18. The number of nitrogens with zero attached hydrogens (tertiary/aromatic N) is 1. The lowest BCUT2D eigenvalue weighted by atomic mass is 10.00. The smallest absolute Gasteiger partial charge is 0.305 e. The fourth-order valence-corrected chi connectivity index (χ4v) is 2.13. The molecule has 0 aliphatic carbocycles. The zero-order valence-electron chi connectivity index (χ0n) is 12.2. The van der Waals surface area contributed by atoms with E-state index in [9.17, 15) is 9.59 Å². The first-order chi connectivity index (χ1) is 9.50. The summed E-state index contributed by atoms with van der Waals surface area (Å²) in [6, 6.07) is 10.2. The topological polar surface area (TPSA) is 57.6 Å². The van der Waals surface area contributed by atoms with E-state index in [0.717, 1.165) is 19.3 Å². The molecule has 20 heavy (non-hydrogen) atoms. The van der Waals surface area contributed by atoms with Crippen LogP contribution in [0.15, 0.2) is 30.3 Å². The molecular weight excluding hydrogens is 254 g/mol. The van der Waals surface area contributed by atoms with Crippen molar-refractivity contribution in [3.63, 3.8) is 0 Å². The molecule has 1 N–H and O–H groups in total. The van der Waals surface area contributed by atoms with E-state index in [4.69, 9.17) is 5.11 Å². The first-order valence-electron chi connectivity index (χ1n) is 7.01. The normalized spacial score (nSPS) is 11.9. The van der Waals surface area contributed by atoms with Crippen molar-refractivity contribution in [2.45, 2.75) is 32.6 Å². The minimum absolute atomic E-state index is 0.00102. The number of benzene rings is 1. The van der Waals surface area contributed by atoms with Crippen molar-refractivity contribution in [1.82, 2.24) is 4.90 Å². The fourth-order valence-electron chi connectivity index (χ4n) is 2.13. The van der Waals surface area contributed by atoms with Crippen LogP contribution in [0.1, 0.15) is 31.7 Å². The van der Waals surface area contributed by atoms with Crippen LogP contribution in [0.5, 0.6) is 0 Å². The number of aryl methyl sites for hydroxylation is 1. The van der Waals surface area contributed by atoms with Crippen LogP contribution in [0.4, 0.5) is 0 Å². The minimum atomic E-state index is -0.874. The van der Waals surface area contributed by atoms with Gasteiger partial charge in [0.2, 0.25) is 5.91 Å². The van der Waals surface area contributed by atoms with Crippen molar-refractivity contribution < 1.29 is 14.7 Å². The highest BCUT2D eigenvalue weighted by Gasteiger charge is 2.17. The van der Waals surface area contributed by atoms with Gasteiger partial charge in [-0.1, -0.05) is 37.3 Å². The number of carboxylic acids is 1. The SMILES string of the molecule is CC(CCCc1ccccc1)C(=O)N(C)CCC(=O)O. The van der Waals surface area contributed by atoms with E-state index in [1.807, 2.05) is 25.1 Å². The molecule has 1 aromatic carbocycles. The molecule has 0 aliphatic heterocycles. The van der Waals surface area contributed by atoms with Crippen molar-refractivity contribution >= 4 is 11.9 Å². The first kappa shape index (κ1) is 16.2. The van der Waals surface area contributed by atoms with E-state index in [-0.39, 0.29) is 24.8 Å². The summed E-state index contributed by atoms with van der Waals surface area (Å²) in [6.45, 7) is 2.18. The van der Waals surface area contributed by atoms with Crippen LogP contribution in [0, 0.1) is 5.92 Å². The second kappa shape index (κ2) is 8.35. The highest BCUT2D eigenvalue weighted by molar-refractivity contribution is 5.78. The van der Waals surface area contributed by atoms with Crippen LogP contribution in [-0.4, -0.2) is 35.5 Å². The largest absolute Gasteiger partial charge is 0.481 e. The molecule has 1 atom stereocenters. The summed E-state index contributed by atoms with van der Waals surface area (Å²) in [5.74, 6) is -0.904. The Bertz CT molecular complexity index is 431. The molecule has 4 nitrogen and oxygen atoms in total. The number of amides is 1. The Hall–Kier alpha value is -1.84. The van der Waals surface area contributed by atoms with Crippen molar-refractivity contribution in [1.29, 1.82) is 0 Å². The molecule has 0 aliphatic rings. The van der Waals surface area contributed by atoms with E-state index in [2.05, 4.69) is 12.1 Å². The molecule has 0 spiro atoms. The van der Waals surface area contributed by atoms with Gasteiger partial charge in [-0.3, -0.25) is 9.59 Å². The Morgan fingerprint density at radius 3 is 2.50 bits per heavy atom. The number of carbonyl (C=O) groups is 2. The predicted octanol–water partition coefficient (Wildman–Crippen LogP) is 2.58. The van der Waals surface area contributed by atoms with Gasteiger partial charge >= 0.3 is 5.97 Å². The van der Waals surface area contributed by atoms with Crippen LogP contribution < -0.4 is 0 Å². The number of hydrogen-bond acceptors (Lipinski definition) is 2. The monoisotopic (exact) mass is 277 g/mol. The summed E-state index contributed by atoms with van der Waals surface area (Å²) in [6.07, 6.45) is 2.76. The predicted molar refractivity (Wildman–Crippen MR) is 78.4 cm³/mol. The quantitative estimate of drug-likeness (QED) is 0.794. The molecule has 1 aromatic rings. The summed E-state index contributed by atoms with van der Waals surface area (Å²) in [7, 11) is 1.67. The minimum Gasteiger partial charge on any atom is -0.481 e. The van der Waals surface area contributed by atoms with Crippen molar-refractivity contribution in [2.75, 3.05) is 13.6 Å². The molecule has 0 saturated carbocycles. The summed E-state index contributed by atoms with van der Waals surface area (Å²) in [4.78, 5) is 24.0. The lowest BCUT2D eigenvalue weighted by Crippen LogP contribution is -2.33. The van der Waals surface area contributed by atoms with E-state index in [0.29, 0.717) is 0 Å². The molecule has 0 radical (unpaired) electrons. The first-order valence-corrected chi connectivity index (χ1v) is 7.01. The lowest BCUT2D eigenvalue weighted by Gasteiger charge is -2.20. The van der Waals surface area contributed by atoms with Gasteiger partial charge in [-0.05, 0) is 24.8 Å². The van der Waals surface area contributed by atoms with Crippen molar-refractivity contribution in [3.05, 3.63) is 35.9 Å². The van der Waals surface area contributed by atoms with Gasteiger partial charge in [0.25, 0.3) is 0 Å². The molecule has 4 heteroatoms. The van der Waals surface area contributed by atoms with Gasteiger partial charge in [0.05, 0.1) is 6.42 Å². The van der Waals surface area contributed by atoms with Gasteiger partial charge in [-0.25, -0.2) is 0 Å². The van der Waals surface area contributed by atoms with Gasteiger partial charge in [0.15, 0.2) is 0 Å². The number of carboxylic acid groups (broad SMARTS) is 1. The van der Waals surface area contributed by atoms with Crippen LogP contribution in [-0.2, 0) is 16.0 Å². The van der Waals surface area contributed by atoms with E-state index in [1.54, 1.807) is 7.05 Å². The Labute approximate surface area is 120 Å². The van der Waals surface area contributed by atoms with Gasteiger partial charge in [0.1, 0.15) is 0 Å². The van der Waals surface area contributed by atoms with Crippen molar-refractivity contribution in [2.24, 2.45) is 5.92 Å². The van der Waals surface area contributed by atoms with Crippen LogP contribution >= 0.6 is 0 Å². The number of hydrogen-bond donors (Lipinski definition) is 1. The molecule has 0 heterocycles. The fraction of sp³-hybridized carbons (Fsp3) is 0.500. The third-order valence-corrected chi connectivity index (χ3v) is 3.40. The summed E-state index contributed by atoms with van der Waals surface area (Å²) >= 11 is 0. The van der Waals surface area contributed by atoms with Gasteiger partial charge in [0, 0.05) is 19.5 Å². The zero-order valence-corrected chi connectivity index (χ0v) is 12.2. The average Bonchev–Trinajstić information content (AvgIpc) is 2.44. The second-order valence-corrected chi connectivity index (χ2v) is 5.18. The highest BCUT2D eigenvalue weighted by atomic mass is 16.4. The molecule has 0 fully saturated rings. The lowest BCUT2D eigenvalue weighted by molar-refractivity contribution is -0.139. The standard InChI is InChI=1S/C16H23NO3/c1-13(16(20)17(2)12-11-15(18)19)7-6-10-14-8-4-3-5-9-14/h3-5,8-9,13H,6-7,10-12H2,1-2H3,(H,18,19). The summed E-state index contributed by atoms with van der Waals surface area (Å²) in [5, 5.41) is 8.61. The molecule has 110 valence electrons. The number of carbonyl (C=O) groups excluding carboxylic acids is 1. The maximum atomic E-state index is 12.0. The van der Waals surface area contributed by atoms with E-state index in [1.165, 1.54) is 10.5 Å². The average molecular weight is 277 g/mol. The Balaban J connectivity index is 2.29. The van der Waals surface area contributed by atoms with Gasteiger partial charge in [-0.2, -0.15) is 0 Å². The van der Waals surface area contributed by atoms with Crippen molar-refractivity contribution in [3.8, 4) is 0 Å². The zero-order chi connectivity index (χ0) is 15.0. The maximum absolute atomic E-state index is 12.0. The van der Waals surface area contributed by atoms with E-state index < -0.39 is 5.97 Å². The molecule has 1 unspecified atom stereocenters. The molecule has 1 rings (SSSR count). The Morgan fingerprint density at radius 1 is 1.25 bits per heavy atom. The van der Waals surface area contributed by atoms with Crippen LogP contribution in [0.25, 0.3) is 0 Å². The Morgan fingerprint density at radius 2 is 1.90 bits per heavy atom. The van der Waals surface area contributed by atoms with E-state index >= 15 is 0 Å². The third-order valence-electron chi connectivity index (χ3n) is 3.40. The molecule has 1 amide bonds. The molecule has 0 saturated heterocycles. The number of rotatable bonds is 8.